The Labute approximate surface area is 145 Å². The van der Waals surface area contributed by atoms with E-state index in [2.05, 4.69) is 11.4 Å². The van der Waals surface area contributed by atoms with E-state index in [-0.39, 0.29) is 16.7 Å². The van der Waals surface area contributed by atoms with Crippen LogP contribution >= 0.6 is 0 Å². The summed E-state index contributed by atoms with van der Waals surface area (Å²) in [5.41, 5.74) is 0.493. The molecule has 0 heterocycles. The van der Waals surface area contributed by atoms with E-state index in [1.165, 1.54) is 13.0 Å². The van der Waals surface area contributed by atoms with Crippen LogP contribution in [0.4, 0.5) is 10.1 Å². The van der Waals surface area contributed by atoms with Crippen LogP contribution < -0.4 is 10.8 Å². The molecule has 0 radical (unpaired) electrons. The largest absolute Gasteiger partial charge is 0.488 e. The maximum Gasteiger partial charge on any atom is 0.488 e. The summed E-state index contributed by atoms with van der Waals surface area (Å²) >= 11 is 0. The van der Waals surface area contributed by atoms with Gasteiger partial charge in [0.05, 0.1) is 17.2 Å². The fourth-order valence-corrected chi connectivity index (χ4v) is 2.37. The molecule has 0 aliphatic heterocycles. The molecule has 2 aromatic rings. The first kappa shape index (κ1) is 18.7. The van der Waals surface area contributed by atoms with E-state index >= 15 is 0 Å². The monoisotopic (exact) mass is 340 g/mol. The van der Waals surface area contributed by atoms with Gasteiger partial charge in [0.2, 0.25) is 0 Å². The molecule has 0 aliphatic rings. The molecule has 2 rings (SSSR count). The first-order valence-corrected chi connectivity index (χ1v) is 7.65. The molecule has 3 N–H and O–H groups in total. The van der Waals surface area contributed by atoms with Crippen molar-refractivity contribution in [1.29, 1.82) is 5.26 Å². The Morgan fingerprint density at radius 1 is 1.28 bits per heavy atom. The Balaban J connectivity index is 2.34. The Kier molecular flexibility index (Phi) is 5.26. The average molecular weight is 340 g/mol. The molecular formula is C18H18BFN2O3. The summed E-state index contributed by atoms with van der Waals surface area (Å²) in [5.74, 6) is -1.24. The maximum atomic E-state index is 14.1. The van der Waals surface area contributed by atoms with Gasteiger partial charge in [0.1, 0.15) is 5.82 Å². The molecule has 5 nitrogen and oxygen atoms in total. The highest BCUT2D eigenvalue weighted by Crippen LogP contribution is 2.23. The number of carbonyl (C=O) groups is 1. The molecule has 0 unspecified atom stereocenters. The van der Waals surface area contributed by atoms with Crippen molar-refractivity contribution in [3.63, 3.8) is 0 Å². The summed E-state index contributed by atoms with van der Waals surface area (Å²) in [6, 6.07) is 11.0. The van der Waals surface area contributed by atoms with Crippen LogP contribution in [-0.2, 0) is 5.41 Å². The van der Waals surface area contributed by atoms with Crippen LogP contribution in [0.3, 0.4) is 0 Å². The molecule has 0 aromatic heterocycles. The fourth-order valence-electron chi connectivity index (χ4n) is 2.37. The van der Waals surface area contributed by atoms with Gasteiger partial charge in [-0.15, -0.1) is 0 Å². The molecule has 2 aromatic carbocycles. The van der Waals surface area contributed by atoms with Crippen molar-refractivity contribution in [2.75, 3.05) is 5.32 Å². The normalized spacial score (nSPS) is 10.9. The highest BCUT2D eigenvalue weighted by atomic mass is 19.1. The zero-order chi connectivity index (χ0) is 18.8. The van der Waals surface area contributed by atoms with E-state index in [9.17, 15) is 24.5 Å². The molecule has 0 saturated heterocycles. The van der Waals surface area contributed by atoms with E-state index in [1.54, 1.807) is 38.1 Å². The topological polar surface area (TPSA) is 93.4 Å². The first-order chi connectivity index (χ1) is 11.7. The standard InChI is InChI=1S/C18H18BFN2O3/c1-11-7-15(20)16(9-14(11)19(24)25)22-17(23)12-5-4-6-13(8-12)18(2,3)10-21/h4-9,24-25H,1-3H3,(H,22,23). The quantitative estimate of drug-likeness (QED) is 0.741. The average Bonchev–Trinajstić information content (AvgIpc) is 2.57. The number of carbonyl (C=O) groups excluding carboxylic acids is 1. The Hall–Kier alpha value is -2.69. The minimum atomic E-state index is -1.77. The van der Waals surface area contributed by atoms with E-state index in [0.717, 1.165) is 6.07 Å². The highest BCUT2D eigenvalue weighted by Gasteiger charge is 2.22. The van der Waals surface area contributed by atoms with Gasteiger partial charge in [0.25, 0.3) is 5.91 Å². The second-order valence-electron chi connectivity index (χ2n) is 6.33. The number of aryl methyl sites for hydroxylation is 1. The van der Waals surface area contributed by atoms with Crippen molar-refractivity contribution in [3.05, 3.63) is 58.9 Å². The number of nitrogens with one attached hydrogen (secondary N) is 1. The number of hydrogen-bond acceptors (Lipinski definition) is 4. The minimum Gasteiger partial charge on any atom is -0.423 e. The van der Waals surface area contributed by atoms with E-state index in [0.29, 0.717) is 11.1 Å². The molecule has 7 heteroatoms. The summed E-state index contributed by atoms with van der Waals surface area (Å²) < 4.78 is 14.1. The number of benzene rings is 2. The van der Waals surface area contributed by atoms with Crippen molar-refractivity contribution in [3.8, 4) is 6.07 Å². The lowest BCUT2D eigenvalue weighted by Crippen LogP contribution is -2.33. The summed E-state index contributed by atoms with van der Waals surface area (Å²) in [4.78, 5) is 12.4. The number of anilines is 1. The smallest absolute Gasteiger partial charge is 0.423 e. The van der Waals surface area contributed by atoms with Gasteiger partial charge in [0, 0.05) is 5.56 Å². The highest BCUT2D eigenvalue weighted by molar-refractivity contribution is 6.59. The third-order valence-electron chi connectivity index (χ3n) is 4.01. The van der Waals surface area contributed by atoms with Gasteiger partial charge in [-0.05, 0) is 61.6 Å². The maximum absolute atomic E-state index is 14.1. The van der Waals surface area contributed by atoms with E-state index in [4.69, 9.17) is 0 Å². The number of rotatable bonds is 4. The third-order valence-corrected chi connectivity index (χ3v) is 4.01. The van der Waals surface area contributed by atoms with Gasteiger partial charge in [-0.2, -0.15) is 5.26 Å². The van der Waals surface area contributed by atoms with Crippen LogP contribution in [0.25, 0.3) is 0 Å². The second-order valence-corrected chi connectivity index (χ2v) is 6.33. The Morgan fingerprint density at radius 3 is 2.56 bits per heavy atom. The van der Waals surface area contributed by atoms with Crippen LogP contribution in [0, 0.1) is 24.1 Å². The number of nitriles is 1. The second kappa shape index (κ2) is 7.05. The van der Waals surface area contributed by atoms with Gasteiger partial charge < -0.3 is 15.4 Å². The van der Waals surface area contributed by atoms with Gasteiger partial charge >= 0.3 is 7.12 Å². The molecule has 0 spiro atoms. The lowest BCUT2D eigenvalue weighted by Gasteiger charge is -2.17. The summed E-state index contributed by atoms with van der Waals surface area (Å²) in [5, 5.41) is 30.3. The molecule has 0 atom stereocenters. The van der Waals surface area contributed by atoms with E-state index in [1.807, 2.05) is 0 Å². The molecule has 0 bridgehead atoms. The molecule has 0 fully saturated rings. The van der Waals surface area contributed by atoms with Crippen LogP contribution in [0.15, 0.2) is 36.4 Å². The molecule has 1 amide bonds. The van der Waals surface area contributed by atoms with Crippen LogP contribution in [0.2, 0.25) is 0 Å². The van der Waals surface area contributed by atoms with Crippen molar-refractivity contribution >= 4 is 24.2 Å². The van der Waals surface area contributed by atoms with Gasteiger partial charge in [-0.25, -0.2) is 4.39 Å². The number of nitrogens with zero attached hydrogens (tertiary/aromatic N) is 1. The molecular weight excluding hydrogens is 322 g/mol. The summed E-state index contributed by atoms with van der Waals surface area (Å²) in [7, 11) is -1.77. The minimum absolute atomic E-state index is 0.107. The summed E-state index contributed by atoms with van der Waals surface area (Å²) in [6.07, 6.45) is 0. The van der Waals surface area contributed by atoms with Crippen LogP contribution in [-0.4, -0.2) is 23.1 Å². The number of hydrogen-bond donors (Lipinski definition) is 3. The van der Waals surface area contributed by atoms with Crippen molar-refractivity contribution in [2.24, 2.45) is 0 Å². The third kappa shape index (κ3) is 4.05. The number of halogens is 1. The predicted molar refractivity (Wildman–Crippen MR) is 94.0 cm³/mol. The molecule has 0 saturated carbocycles. The van der Waals surface area contributed by atoms with Crippen molar-refractivity contribution in [1.82, 2.24) is 0 Å². The molecule has 128 valence electrons. The van der Waals surface area contributed by atoms with Crippen molar-refractivity contribution < 1.29 is 19.2 Å². The number of amides is 1. The van der Waals surface area contributed by atoms with E-state index < -0.39 is 24.3 Å². The Bertz CT molecular complexity index is 860. The van der Waals surface area contributed by atoms with Gasteiger partial charge in [-0.1, -0.05) is 12.1 Å². The fraction of sp³-hybridized carbons (Fsp3) is 0.222. The molecule has 25 heavy (non-hydrogen) atoms. The van der Waals surface area contributed by atoms with Gasteiger partial charge in [0.15, 0.2) is 0 Å². The lowest BCUT2D eigenvalue weighted by atomic mass is 9.77. The summed E-state index contributed by atoms with van der Waals surface area (Å²) in [6.45, 7) is 5.01. The SMILES string of the molecule is Cc1cc(F)c(NC(=O)c2cccc(C(C)(C)C#N)c2)cc1B(O)O. The molecule has 0 aliphatic carbocycles. The van der Waals surface area contributed by atoms with Crippen molar-refractivity contribution in [2.45, 2.75) is 26.2 Å². The van der Waals surface area contributed by atoms with Gasteiger partial charge in [-0.3, -0.25) is 4.79 Å². The van der Waals surface area contributed by atoms with Crippen LogP contribution in [0.5, 0.6) is 0 Å². The zero-order valence-corrected chi connectivity index (χ0v) is 14.2. The predicted octanol–water partition coefficient (Wildman–Crippen LogP) is 1.87. The van der Waals surface area contributed by atoms with Crippen LogP contribution in [0.1, 0.15) is 35.3 Å². The first-order valence-electron chi connectivity index (χ1n) is 7.65. The zero-order valence-electron chi connectivity index (χ0n) is 14.2. The lowest BCUT2D eigenvalue weighted by molar-refractivity contribution is 0.102. The Morgan fingerprint density at radius 2 is 1.96 bits per heavy atom.